The topological polar surface area (TPSA) is 30.5 Å². The van der Waals surface area contributed by atoms with Crippen molar-refractivity contribution in [1.29, 1.82) is 0 Å². The molecule has 21 heavy (non-hydrogen) atoms. The van der Waals surface area contributed by atoms with Crippen LogP contribution < -0.4 is 14.8 Å². The SMILES string of the molecule is CCCNCCCC(C)Oc1ccc(OC(F)(F)F)cc1. The lowest BCUT2D eigenvalue weighted by atomic mass is 10.2. The van der Waals surface area contributed by atoms with Crippen molar-refractivity contribution >= 4 is 0 Å². The van der Waals surface area contributed by atoms with Gasteiger partial charge in [-0.25, -0.2) is 0 Å². The number of rotatable bonds is 9. The summed E-state index contributed by atoms with van der Waals surface area (Å²) in [6, 6.07) is 5.45. The van der Waals surface area contributed by atoms with Crippen LogP contribution in [0.3, 0.4) is 0 Å². The molecule has 0 heterocycles. The van der Waals surface area contributed by atoms with E-state index in [1.54, 1.807) is 0 Å². The van der Waals surface area contributed by atoms with Gasteiger partial charge in [-0.15, -0.1) is 13.2 Å². The highest BCUT2D eigenvalue weighted by atomic mass is 19.4. The summed E-state index contributed by atoms with van der Waals surface area (Å²) in [7, 11) is 0. The van der Waals surface area contributed by atoms with E-state index in [2.05, 4.69) is 17.0 Å². The zero-order valence-electron chi connectivity index (χ0n) is 12.4. The summed E-state index contributed by atoms with van der Waals surface area (Å²) >= 11 is 0. The third-order valence-corrected chi connectivity index (χ3v) is 2.79. The van der Waals surface area contributed by atoms with Crippen LogP contribution in [-0.2, 0) is 0 Å². The van der Waals surface area contributed by atoms with Gasteiger partial charge in [0, 0.05) is 0 Å². The average molecular weight is 305 g/mol. The first kappa shape index (κ1) is 17.6. The number of ether oxygens (including phenoxy) is 2. The van der Waals surface area contributed by atoms with Gasteiger partial charge < -0.3 is 14.8 Å². The van der Waals surface area contributed by atoms with E-state index < -0.39 is 6.36 Å². The number of benzene rings is 1. The zero-order chi connectivity index (χ0) is 15.7. The Morgan fingerprint density at radius 3 is 2.29 bits per heavy atom. The molecule has 1 N–H and O–H groups in total. The van der Waals surface area contributed by atoms with Crippen LogP contribution in [0.15, 0.2) is 24.3 Å². The molecule has 1 aromatic carbocycles. The molecule has 0 saturated carbocycles. The monoisotopic (exact) mass is 305 g/mol. The molecule has 0 saturated heterocycles. The second kappa shape index (κ2) is 8.77. The molecule has 0 amide bonds. The van der Waals surface area contributed by atoms with Crippen molar-refractivity contribution in [3.8, 4) is 11.5 Å². The maximum Gasteiger partial charge on any atom is 0.573 e. The minimum atomic E-state index is -4.67. The summed E-state index contributed by atoms with van der Waals surface area (Å²) in [6.45, 7) is 6.01. The second-order valence-corrected chi connectivity index (χ2v) is 4.84. The largest absolute Gasteiger partial charge is 0.573 e. The number of alkyl halides is 3. The fourth-order valence-electron chi connectivity index (χ4n) is 1.83. The van der Waals surface area contributed by atoms with Crippen molar-refractivity contribution in [2.24, 2.45) is 0 Å². The van der Waals surface area contributed by atoms with Gasteiger partial charge in [0.2, 0.25) is 0 Å². The van der Waals surface area contributed by atoms with Gasteiger partial charge in [-0.3, -0.25) is 0 Å². The Morgan fingerprint density at radius 2 is 1.71 bits per heavy atom. The van der Waals surface area contributed by atoms with Crippen LogP contribution in [0.4, 0.5) is 13.2 Å². The molecule has 0 bridgehead atoms. The van der Waals surface area contributed by atoms with E-state index in [1.165, 1.54) is 24.3 Å². The van der Waals surface area contributed by atoms with E-state index >= 15 is 0 Å². The maximum atomic E-state index is 12.0. The van der Waals surface area contributed by atoms with Crippen molar-refractivity contribution in [1.82, 2.24) is 5.32 Å². The average Bonchev–Trinajstić information content (AvgIpc) is 2.39. The Hall–Kier alpha value is -1.43. The number of halogens is 3. The van der Waals surface area contributed by atoms with Gasteiger partial charge >= 0.3 is 6.36 Å². The van der Waals surface area contributed by atoms with Crippen molar-refractivity contribution < 1.29 is 22.6 Å². The van der Waals surface area contributed by atoms with E-state index in [-0.39, 0.29) is 11.9 Å². The third kappa shape index (κ3) is 8.45. The Labute approximate surface area is 123 Å². The zero-order valence-corrected chi connectivity index (χ0v) is 12.4. The molecule has 3 nitrogen and oxygen atoms in total. The molecule has 1 unspecified atom stereocenters. The fraction of sp³-hybridized carbons (Fsp3) is 0.600. The number of nitrogens with one attached hydrogen (secondary N) is 1. The molecule has 0 aliphatic rings. The number of hydrogen-bond acceptors (Lipinski definition) is 3. The molecule has 1 aromatic rings. The molecular weight excluding hydrogens is 283 g/mol. The first-order valence-corrected chi connectivity index (χ1v) is 7.14. The van der Waals surface area contributed by atoms with E-state index in [4.69, 9.17) is 4.74 Å². The lowest BCUT2D eigenvalue weighted by Crippen LogP contribution is -2.19. The smallest absolute Gasteiger partial charge is 0.491 e. The van der Waals surface area contributed by atoms with Crippen molar-refractivity contribution in [2.75, 3.05) is 13.1 Å². The first-order valence-electron chi connectivity index (χ1n) is 7.14. The second-order valence-electron chi connectivity index (χ2n) is 4.84. The summed E-state index contributed by atoms with van der Waals surface area (Å²) in [4.78, 5) is 0. The van der Waals surface area contributed by atoms with E-state index in [9.17, 15) is 13.2 Å². The van der Waals surface area contributed by atoms with Crippen LogP contribution in [-0.4, -0.2) is 25.6 Å². The Balaban J connectivity index is 2.31. The Morgan fingerprint density at radius 1 is 1.10 bits per heavy atom. The molecule has 0 aliphatic carbocycles. The van der Waals surface area contributed by atoms with Gasteiger partial charge in [0.1, 0.15) is 11.5 Å². The fourth-order valence-corrected chi connectivity index (χ4v) is 1.83. The molecule has 1 rings (SSSR count). The van der Waals surface area contributed by atoms with Gasteiger partial charge in [-0.2, -0.15) is 0 Å². The van der Waals surface area contributed by atoms with Crippen molar-refractivity contribution in [3.63, 3.8) is 0 Å². The normalized spacial score (nSPS) is 13.0. The van der Waals surface area contributed by atoms with E-state index in [1.807, 2.05) is 6.92 Å². The highest BCUT2D eigenvalue weighted by Crippen LogP contribution is 2.25. The third-order valence-electron chi connectivity index (χ3n) is 2.79. The molecule has 0 radical (unpaired) electrons. The quantitative estimate of drug-likeness (QED) is 0.696. The van der Waals surface area contributed by atoms with Crippen LogP contribution in [0.5, 0.6) is 11.5 Å². The molecule has 0 fully saturated rings. The molecule has 1 atom stereocenters. The molecule has 120 valence electrons. The molecule has 0 aromatic heterocycles. The molecule has 0 spiro atoms. The van der Waals surface area contributed by atoms with Crippen molar-refractivity contribution in [2.45, 2.75) is 45.6 Å². The van der Waals surface area contributed by atoms with Gasteiger partial charge in [0.15, 0.2) is 0 Å². The van der Waals surface area contributed by atoms with Gasteiger partial charge in [0.05, 0.1) is 6.10 Å². The lowest BCUT2D eigenvalue weighted by Gasteiger charge is -2.15. The summed E-state index contributed by atoms with van der Waals surface area (Å²) in [6.07, 6.45) is -1.66. The van der Waals surface area contributed by atoms with Crippen LogP contribution in [0, 0.1) is 0 Å². The van der Waals surface area contributed by atoms with Crippen LogP contribution in [0.25, 0.3) is 0 Å². The lowest BCUT2D eigenvalue weighted by molar-refractivity contribution is -0.274. The van der Waals surface area contributed by atoms with Crippen LogP contribution >= 0.6 is 0 Å². The maximum absolute atomic E-state index is 12.0. The number of hydrogen-bond donors (Lipinski definition) is 1. The first-order chi connectivity index (χ1) is 9.90. The van der Waals surface area contributed by atoms with E-state index in [0.29, 0.717) is 5.75 Å². The standard InChI is InChI=1S/C15H22F3NO2/c1-3-10-19-11-4-5-12(2)20-13-6-8-14(9-7-13)21-15(16,17)18/h6-9,12,19H,3-5,10-11H2,1-2H3. The Bertz CT molecular complexity index is 393. The van der Waals surface area contributed by atoms with Crippen LogP contribution in [0.2, 0.25) is 0 Å². The predicted molar refractivity (Wildman–Crippen MR) is 75.6 cm³/mol. The molecule has 6 heteroatoms. The van der Waals surface area contributed by atoms with E-state index in [0.717, 1.165) is 32.4 Å². The van der Waals surface area contributed by atoms with Gasteiger partial charge in [0.25, 0.3) is 0 Å². The van der Waals surface area contributed by atoms with Gasteiger partial charge in [-0.05, 0) is 63.5 Å². The predicted octanol–water partition coefficient (Wildman–Crippen LogP) is 4.13. The summed E-state index contributed by atoms with van der Waals surface area (Å²) in [5.41, 5.74) is 0. The van der Waals surface area contributed by atoms with Crippen LogP contribution in [0.1, 0.15) is 33.1 Å². The Kier molecular flexibility index (Phi) is 7.36. The minimum Gasteiger partial charge on any atom is -0.491 e. The highest BCUT2D eigenvalue weighted by Gasteiger charge is 2.30. The summed E-state index contributed by atoms with van der Waals surface area (Å²) < 4.78 is 45.5. The highest BCUT2D eigenvalue weighted by molar-refractivity contribution is 5.31. The summed E-state index contributed by atoms with van der Waals surface area (Å²) in [5.74, 6) is 0.296. The van der Waals surface area contributed by atoms with Gasteiger partial charge in [-0.1, -0.05) is 6.92 Å². The van der Waals surface area contributed by atoms with Crippen molar-refractivity contribution in [3.05, 3.63) is 24.3 Å². The molecular formula is C15H22F3NO2. The minimum absolute atomic E-state index is 0.0165. The molecule has 0 aliphatic heterocycles. The summed E-state index contributed by atoms with van der Waals surface area (Å²) in [5, 5.41) is 3.30.